The fourth-order valence-corrected chi connectivity index (χ4v) is 3.87. The zero-order chi connectivity index (χ0) is 16.2. The number of benzene rings is 1. The first-order chi connectivity index (χ1) is 11.2. The van der Waals surface area contributed by atoms with Crippen LogP contribution in [0.25, 0.3) is 0 Å². The van der Waals surface area contributed by atoms with Crippen molar-refractivity contribution >= 4 is 34.4 Å². The molecule has 0 bridgehead atoms. The van der Waals surface area contributed by atoms with Crippen LogP contribution in [0.5, 0.6) is 0 Å². The van der Waals surface area contributed by atoms with Crippen molar-refractivity contribution in [1.29, 1.82) is 0 Å². The predicted molar refractivity (Wildman–Crippen MR) is 96.9 cm³/mol. The zero-order valence-corrected chi connectivity index (χ0v) is 14.9. The lowest BCUT2D eigenvalue weighted by Gasteiger charge is -2.29. The van der Waals surface area contributed by atoms with Crippen LogP contribution in [0.1, 0.15) is 25.3 Å². The Morgan fingerprint density at radius 2 is 2.26 bits per heavy atom. The standard InChI is InChI=1S/C16H22N4OS2/c1-2-12-6-3-4-8-14(12)17-15-18-20(16(22)23-15)11-19-9-5-7-13(21)10-19/h3-4,6,8,13,21H,2,5,7,9-11H2,1H3,(H,17,18). The molecule has 0 radical (unpaired) electrons. The second kappa shape index (κ2) is 7.53. The molecule has 3 rings (SSSR count). The minimum absolute atomic E-state index is 0.231. The number of nitrogens with one attached hydrogen (secondary N) is 1. The number of hydrogen-bond acceptors (Lipinski definition) is 6. The Hall–Kier alpha value is -1.28. The molecule has 5 nitrogen and oxygen atoms in total. The van der Waals surface area contributed by atoms with Gasteiger partial charge in [-0.25, -0.2) is 4.68 Å². The number of β-amino-alcohol motifs (C(OH)–C–C–N with tert-alkyl or cyclic N) is 1. The summed E-state index contributed by atoms with van der Waals surface area (Å²) in [4.78, 5) is 2.20. The van der Waals surface area contributed by atoms with Gasteiger partial charge in [-0.3, -0.25) is 4.90 Å². The van der Waals surface area contributed by atoms with E-state index in [4.69, 9.17) is 12.2 Å². The lowest BCUT2D eigenvalue weighted by Crippen LogP contribution is -2.39. The van der Waals surface area contributed by atoms with Crippen molar-refractivity contribution in [3.63, 3.8) is 0 Å². The van der Waals surface area contributed by atoms with Gasteiger partial charge < -0.3 is 10.4 Å². The normalized spacial score (nSPS) is 19.0. The molecule has 1 aliphatic heterocycles. The second-order valence-electron chi connectivity index (χ2n) is 5.82. The summed E-state index contributed by atoms with van der Waals surface area (Å²) in [5.74, 6) is 0. The van der Waals surface area contributed by atoms with E-state index < -0.39 is 0 Å². The zero-order valence-electron chi connectivity index (χ0n) is 13.2. The summed E-state index contributed by atoms with van der Waals surface area (Å²) in [5, 5.41) is 18.6. The summed E-state index contributed by atoms with van der Waals surface area (Å²) in [6, 6.07) is 8.25. The predicted octanol–water partition coefficient (Wildman–Crippen LogP) is 3.39. The average molecular weight is 351 g/mol. The maximum Gasteiger partial charge on any atom is 0.209 e. The molecule has 2 heterocycles. The largest absolute Gasteiger partial charge is 0.392 e. The van der Waals surface area contributed by atoms with Crippen LogP contribution in [-0.4, -0.2) is 39.0 Å². The SMILES string of the molecule is CCc1ccccc1Nc1nn(CN2CCCC(O)C2)c(=S)s1. The van der Waals surface area contributed by atoms with E-state index in [1.165, 1.54) is 16.9 Å². The number of aliphatic hydroxyl groups excluding tert-OH is 1. The monoisotopic (exact) mass is 350 g/mol. The van der Waals surface area contributed by atoms with Crippen LogP contribution in [0, 0.1) is 3.95 Å². The molecule has 1 aromatic carbocycles. The number of aromatic nitrogens is 2. The molecule has 0 amide bonds. The van der Waals surface area contributed by atoms with Crippen LogP contribution in [0.4, 0.5) is 10.8 Å². The molecule has 0 spiro atoms. The molecule has 1 unspecified atom stereocenters. The van der Waals surface area contributed by atoms with E-state index in [9.17, 15) is 5.11 Å². The molecule has 1 saturated heterocycles. The van der Waals surface area contributed by atoms with Crippen molar-refractivity contribution in [2.45, 2.75) is 39.0 Å². The van der Waals surface area contributed by atoms with Crippen molar-refractivity contribution in [3.05, 3.63) is 33.8 Å². The van der Waals surface area contributed by atoms with E-state index in [2.05, 4.69) is 34.4 Å². The number of rotatable bonds is 5. The molecular formula is C16H22N4OS2. The van der Waals surface area contributed by atoms with Gasteiger partial charge in [0.2, 0.25) is 5.13 Å². The number of nitrogens with zero attached hydrogens (tertiary/aromatic N) is 3. The maximum absolute atomic E-state index is 9.78. The third-order valence-electron chi connectivity index (χ3n) is 4.06. The molecule has 1 aliphatic rings. The highest BCUT2D eigenvalue weighted by molar-refractivity contribution is 7.73. The molecule has 1 fully saturated rings. The van der Waals surface area contributed by atoms with Crippen molar-refractivity contribution in [1.82, 2.24) is 14.7 Å². The van der Waals surface area contributed by atoms with Crippen molar-refractivity contribution in [2.75, 3.05) is 18.4 Å². The fourth-order valence-electron chi connectivity index (χ4n) is 2.86. The number of likely N-dealkylation sites (tertiary alicyclic amines) is 1. The summed E-state index contributed by atoms with van der Waals surface area (Å²) in [5.41, 5.74) is 2.35. The third kappa shape index (κ3) is 4.17. The molecule has 0 aliphatic carbocycles. The number of anilines is 2. The van der Waals surface area contributed by atoms with E-state index in [1.807, 2.05) is 16.8 Å². The summed E-state index contributed by atoms with van der Waals surface area (Å²) < 4.78 is 2.59. The van der Waals surface area contributed by atoms with E-state index in [-0.39, 0.29) is 6.10 Å². The van der Waals surface area contributed by atoms with Crippen molar-refractivity contribution in [2.24, 2.45) is 0 Å². The minimum Gasteiger partial charge on any atom is -0.392 e. The highest BCUT2D eigenvalue weighted by atomic mass is 32.1. The average Bonchev–Trinajstić information content (AvgIpc) is 2.87. The molecule has 1 atom stereocenters. The smallest absolute Gasteiger partial charge is 0.209 e. The summed E-state index contributed by atoms with van der Waals surface area (Å²) in [7, 11) is 0. The Morgan fingerprint density at radius 3 is 3.04 bits per heavy atom. The highest BCUT2D eigenvalue weighted by Crippen LogP contribution is 2.24. The quantitative estimate of drug-likeness (QED) is 0.810. The van der Waals surface area contributed by atoms with Crippen LogP contribution in [0.3, 0.4) is 0 Å². The van der Waals surface area contributed by atoms with Crippen LogP contribution in [0.15, 0.2) is 24.3 Å². The second-order valence-corrected chi connectivity index (χ2v) is 7.45. The number of aryl methyl sites for hydroxylation is 1. The Morgan fingerprint density at radius 1 is 1.43 bits per heavy atom. The Kier molecular flexibility index (Phi) is 5.42. The van der Waals surface area contributed by atoms with Gasteiger partial charge in [0.25, 0.3) is 0 Å². The molecule has 124 valence electrons. The van der Waals surface area contributed by atoms with E-state index in [1.54, 1.807) is 0 Å². The van der Waals surface area contributed by atoms with Crippen LogP contribution < -0.4 is 5.32 Å². The first-order valence-corrected chi connectivity index (χ1v) is 9.21. The Bertz CT molecular complexity index is 712. The van der Waals surface area contributed by atoms with Crippen LogP contribution in [0.2, 0.25) is 0 Å². The maximum atomic E-state index is 9.78. The summed E-state index contributed by atoms with van der Waals surface area (Å²) in [6.45, 7) is 4.46. The van der Waals surface area contributed by atoms with Crippen LogP contribution >= 0.6 is 23.6 Å². The number of aliphatic hydroxyl groups is 1. The molecular weight excluding hydrogens is 328 g/mol. The van der Waals surface area contributed by atoms with Gasteiger partial charge in [-0.15, -0.1) is 5.10 Å². The van der Waals surface area contributed by atoms with Gasteiger partial charge in [0, 0.05) is 18.8 Å². The van der Waals surface area contributed by atoms with Gasteiger partial charge in [0.1, 0.15) is 0 Å². The Balaban J connectivity index is 1.72. The lowest BCUT2D eigenvalue weighted by molar-refractivity contribution is 0.0516. The topological polar surface area (TPSA) is 53.3 Å². The lowest BCUT2D eigenvalue weighted by atomic mass is 10.1. The fraction of sp³-hybridized carbons (Fsp3) is 0.500. The molecule has 0 saturated carbocycles. The first-order valence-electron chi connectivity index (χ1n) is 7.99. The van der Waals surface area contributed by atoms with Gasteiger partial charge >= 0.3 is 0 Å². The molecule has 7 heteroatoms. The van der Waals surface area contributed by atoms with Crippen molar-refractivity contribution in [3.8, 4) is 0 Å². The van der Waals surface area contributed by atoms with E-state index in [0.29, 0.717) is 13.2 Å². The van der Waals surface area contributed by atoms with Crippen LogP contribution in [-0.2, 0) is 13.1 Å². The summed E-state index contributed by atoms with van der Waals surface area (Å²) >= 11 is 6.92. The third-order valence-corrected chi connectivity index (χ3v) is 5.28. The number of hydrogen-bond donors (Lipinski definition) is 2. The van der Waals surface area contributed by atoms with Gasteiger partial charge in [0.15, 0.2) is 3.95 Å². The number of para-hydroxylation sites is 1. The van der Waals surface area contributed by atoms with Gasteiger partial charge in [0.05, 0.1) is 12.8 Å². The number of piperidine rings is 1. The molecule has 2 N–H and O–H groups in total. The van der Waals surface area contributed by atoms with Crippen molar-refractivity contribution < 1.29 is 5.11 Å². The van der Waals surface area contributed by atoms with Gasteiger partial charge in [-0.2, -0.15) is 0 Å². The molecule has 2 aromatic rings. The molecule has 23 heavy (non-hydrogen) atoms. The highest BCUT2D eigenvalue weighted by Gasteiger charge is 2.18. The summed E-state index contributed by atoms with van der Waals surface area (Å²) in [6.07, 6.45) is 2.65. The first kappa shape index (κ1) is 16.6. The Labute approximate surface area is 145 Å². The van der Waals surface area contributed by atoms with Gasteiger partial charge in [-0.05, 0) is 43.1 Å². The van der Waals surface area contributed by atoms with Gasteiger partial charge in [-0.1, -0.05) is 36.5 Å². The van der Waals surface area contributed by atoms with E-state index >= 15 is 0 Å². The molecule has 1 aromatic heterocycles. The minimum atomic E-state index is -0.231. The van der Waals surface area contributed by atoms with E-state index in [0.717, 1.165) is 40.6 Å².